The van der Waals surface area contributed by atoms with Crippen LogP contribution in [0.3, 0.4) is 0 Å². The van der Waals surface area contributed by atoms with Gasteiger partial charge in [-0.05, 0) is 35.9 Å². The minimum Gasteiger partial charge on any atom is -0.497 e. The second-order valence-corrected chi connectivity index (χ2v) is 4.87. The summed E-state index contributed by atoms with van der Waals surface area (Å²) in [6.45, 7) is 0.671. The van der Waals surface area contributed by atoms with E-state index in [9.17, 15) is 8.78 Å². The Bertz CT molecular complexity index is 695. The van der Waals surface area contributed by atoms with Crippen molar-refractivity contribution < 1.29 is 13.5 Å². The molecule has 0 aliphatic carbocycles. The minimum atomic E-state index is -0.470. The lowest BCUT2D eigenvalue weighted by molar-refractivity contribution is 0.414. The molecule has 2 N–H and O–H groups in total. The molecule has 7 heteroatoms. The molecule has 4 nitrogen and oxygen atoms in total. The number of rotatable bonds is 5. The normalized spacial score (nSPS) is 10.8. The summed E-state index contributed by atoms with van der Waals surface area (Å²) >= 11 is 0. The van der Waals surface area contributed by atoms with E-state index in [1.165, 1.54) is 0 Å². The molecule has 0 amide bonds. The van der Waals surface area contributed by atoms with E-state index in [4.69, 9.17) is 4.74 Å². The number of halogens is 3. The number of hydrogen-bond acceptors (Lipinski definition) is 2. The van der Waals surface area contributed by atoms with Gasteiger partial charge in [0, 0.05) is 25.7 Å². The van der Waals surface area contributed by atoms with E-state index in [0.29, 0.717) is 12.5 Å². The molecule has 0 heterocycles. The van der Waals surface area contributed by atoms with Gasteiger partial charge in [-0.3, -0.25) is 4.99 Å². The van der Waals surface area contributed by atoms with E-state index in [-0.39, 0.29) is 36.1 Å². The zero-order valence-corrected chi connectivity index (χ0v) is 15.8. The molecule has 0 atom stereocenters. The summed E-state index contributed by atoms with van der Waals surface area (Å²) in [5, 5.41) is 6.06. The molecule has 0 aliphatic rings. The number of nitrogens with one attached hydrogen (secondary N) is 2. The first-order chi connectivity index (χ1) is 11.1. The van der Waals surface area contributed by atoms with Gasteiger partial charge in [0.1, 0.15) is 17.4 Å². The molecule has 0 aromatic heterocycles. The summed E-state index contributed by atoms with van der Waals surface area (Å²) in [4.78, 5) is 4.06. The van der Waals surface area contributed by atoms with Gasteiger partial charge >= 0.3 is 0 Å². The number of aliphatic imine (C=N–C) groups is 1. The average molecular weight is 447 g/mol. The fourth-order valence-corrected chi connectivity index (χ4v) is 2.05. The van der Waals surface area contributed by atoms with E-state index >= 15 is 0 Å². The number of hydrogen-bond donors (Lipinski definition) is 2. The molecular weight excluding hydrogens is 427 g/mol. The van der Waals surface area contributed by atoms with Gasteiger partial charge in [-0.1, -0.05) is 12.1 Å². The van der Waals surface area contributed by atoms with Crippen molar-refractivity contribution in [1.82, 2.24) is 10.6 Å². The largest absolute Gasteiger partial charge is 0.497 e. The zero-order chi connectivity index (χ0) is 16.7. The van der Waals surface area contributed by atoms with Gasteiger partial charge in [0.15, 0.2) is 5.96 Å². The van der Waals surface area contributed by atoms with Crippen LogP contribution in [0.4, 0.5) is 8.78 Å². The molecular formula is C17H20F2IN3O. The number of guanidine groups is 1. The Balaban J connectivity index is 0.00000288. The Hall–Kier alpha value is -1.90. The maximum Gasteiger partial charge on any atom is 0.191 e. The van der Waals surface area contributed by atoms with Gasteiger partial charge < -0.3 is 15.4 Å². The first-order valence-electron chi connectivity index (χ1n) is 7.13. The van der Waals surface area contributed by atoms with Crippen molar-refractivity contribution in [2.45, 2.75) is 13.1 Å². The molecule has 2 rings (SSSR count). The van der Waals surface area contributed by atoms with Gasteiger partial charge in [0.2, 0.25) is 0 Å². The highest BCUT2D eigenvalue weighted by Crippen LogP contribution is 2.12. The fourth-order valence-electron chi connectivity index (χ4n) is 2.05. The van der Waals surface area contributed by atoms with Crippen LogP contribution in [0.1, 0.15) is 11.1 Å². The molecule has 24 heavy (non-hydrogen) atoms. The van der Waals surface area contributed by atoms with Gasteiger partial charge in [0.05, 0.1) is 7.11 Å². The molecule has 0 fully saturated rings. The summed E-state index contributed by atoms with van der Waals surface area (Å²) in [6, 6.07) is 11.0. The summed E-state index contributed by atoms with van der Waals surface area (Å²) in [5.74, 6) is 0.343. The fraction of sp³-hybridized carbons (Fsp3) is 0.235. The predicted octanol–water partition coefficient (Wildman–Crippen LogP) is 3.46. The molecule has 0 spiro atoms. The number of ether oxygens (including phenoxy) is 1. The van der Waals surface area contributed by atoms with Crippen LogP contribution >= 0.6 is 24.0 Å². The lowest BCUT2D eigenvalue weighted by Crippen LogP contribution is -2.36. The summed E-state index contributed by atoms with van der Waals surface area (Å²) in [6.07, 6.45) is 0. The monoisotopic (exact) mass is 447 g/mol. The maximum atomic E-state index is 13.6. The number of benzene rings is 2. The third-order valence-corrected chi connectivity index (χ3v) is 3.27. The minimum absolute atomic E-state index is 0. The standard InChI is InChI=1S/C17H19F2N3O.HI/c1-20-17(21-10-12-4-3-5-15(8-12)23-2)22-11-13-9-14(18)6-7-16(13)19;/h3-9H,10-11H2,1-2H3,(H2,20,21,22);1H. The second-order valence-electron chi connectivity index (χ2n) is 4.87. The quantitative estimate of drug-likeness (QED) is 0.420. The van der Waals surface area contributed by atoms with Gasteiger partial charge in [-0.15, -0.1) is 24.0 Å². The third kappa shape index (κ3) is 5.95. The van der Waals surface area contributed by atoms with Crippen LogP contribution in [-0.2, 0) is 13.1 Å². The Kier molecular flexibility index (Phi) is 8.45. The third-order valence-electron chi connectivity index (χ3n) is 3.27. The molecule has 0 bridgehead atoms. The number of methoxy groups -OCH3 is 1. The van der Waals surface area contributed by atoms with Crippen molar-refractivity contribution >= 4 is 29.9 Å². The molecule has 0 radical (unpaired) electrons. The smallest absolute Gasteiger partial charge is 0.191 e. The van der Waals surface area contributed by atoms with Crippen molar-refractivity contribution in [3.63, 3.8) is 0 Å². The van der Waals surface area contributed by atoms with E-state index in [1.807, 2.05) is 24.3 Å². The van der Waals surface area contributed by atoms with Crippen molar-refractivity contribution in [3.8, 4) is 5.75 Å². The summed E-state index contributed by atoms with van der Waals surface area (Å²) in [5.41, 5.74) is 1.26. The zero-order valence-electron chi connectivity index (χ0n) is 13.5. The van der Waals surface area contributed by atoms with Crippen molar-refractivity contribution in [2.24, 2.45) is 4.99 Å². The second kappa shape index (κ2) is 10.1. The van der Waals surface area contributed by atoms with Gasteiger partial charge in [-0.2, -0.15) is 0 Å². The molecule has 0 aliphatic heterocycles. The van der Waals surface area contributed by atoms with Crippen molar-refractivity contribution in [3.05, 3.63) is 65.2 Å². The van der Waals surface area contributed by atoms with Crippen LogP contribution in [0.25, 0.3) is 0 Å². The molecule has 0 unspecified atom stereocenters. The van der Waals surface area contributed by atoms with Crippen LogP contribution in [0.5, 0.6) is 5.75 Å². The SMILES string of the molecule is CN=C(NCc1cccc(OC)c1)NCc1cc(F)ccc1F.I. The van der Waals surface area contributed by atoms with E-state index in [0.717, 1.165) is 29.5 Å². The number of nitrogens with zero attached hydrogens (tertiary/aromatic N) is 1. The van der Waals surface area contributed by atoms with Gasteiger partial charge in [-0.25, -0.2) is 8.78 Å². The molecule has 2 aromatic rings. The molecule has 130 valence electrons. The molecule has 0 saturated carbocycles. The van der Waals surface area contributed by atoms with E-state index in [2.05, 4.69) is 15.6 Å². The van der Waals surface area contributed by atoms with Crippen molar-refractivity contribution in [2.75, 3.05) is 14.2 Å². The Morgan fingerprint density at radius 1 is 1.08 bits per heavy atom. The highest BCUT2D eigenvalue weighted by molar-refractivity contribution is 14.0. The topological polar surface area (TPSA) is 45.7 Å². The Morgan fingerprint density at radius 2 is 1.83 bits per heavy atom. The first-order valence-corrected chi connectivity index (χ1v) is 7.13. The highest BCUT2D eigenvalue weighted by Gasteiger charge is 2.05. The Morgan fingerprint density at radius 3 is 2.54 bits per heavy atom. The summed E-state index contributed by atoms with van der Waals surface area (Å²) < 4.78 is 31.9. The van der Waals surface area contributed by atoms with Crippen LogP contribution in [0.15, 0.2) is 47.5 Å². The van der Waals surface area contributed by atoms with E-state index < -0.39 is 11.6 Å². The molecule has 0 saturated heterocycles. The lowest BCUT2D eigenvalue weighted by Gasteiger charge is -2.13. The first kappa shape index (κ1) is 20.1. The van der Waals surface area contributed by atoms with Crippen LogP contribution in [0, 0.1) is 11.6 Å². The van der Waals surface area contributed by atoms with Gasteiger partial charge in [0.25, 0.3) is 0 Å². The van der Waals surface area contributed by atoms with Crippen LogP contribution in [0.2, 0.25) is 0 Å². The van der Waals surface area contributed by atoms with Crippen LogP contribution in [-0.4, -0.2) is 20.1 Å². The Labute approximate surface area is 157 Å². The van der Waals surface area contributed by atoms with Crippen LogP contribution < -0.4 is 15.4 Å². The predicted molar refractivity (Wildman–Crippen MR) is 102 cm³/mol. The maximum absolute atomic E-state index is 13.6. The highest BCUT2D eigenvalue weighted by atomic mass is 127. The molecule has 2 aromatic carbocycles. The lowest BCUT2D eigenvalue weighted by atomic mass is 10.2. The van der Waals surface area contributed by atoms with E-state index in [1.54, 1.807) is 14.2 Å². The average Bonchev–Trinajstić information content (AvgIpc) is 2.58. The van der Waals surface area contributed by atoms with Crippen molar-refractivity contribution in [1.29, 1.82) is 0 Å². The summed E-state index contributed by atoms with van der Waals surface area (Å²) in [7, 11) is 3.23.